The average Bonchev–Trinajstić information content (AvgIpc) is 2.59. The van der Waals surface area contributed by atoms with Gasteiger partial charge in [-0.3, -0.25) is 4.79 Å². The number of carbonyl (C=O) groups is 1. The van der Waals surface area contributed by atoms with Crippen molar-refractivity contribution < 1.29 is 4.79 Å². The molecule has 4 N–H and O–H groups in total. The molecule has 6 heteroatoms. The molecule has 1 rings (SSSR count). The number of unbranched alkanes of at least 4 members (excludes halogenated alkanes) is 5. The maximum atomic E-state index is 11.8. The van der Waals surface area contributed by atoms with Crippen LogP contribution in [0.15, 0.2) is 29.3 Å². The summed E-state index contributed by atoms with van der Waals surface area (Å²) in [7, 11) is 0. The number of rotatable bonds is 10. The summed E-state index contributed by atoms with van der Waals surface area (Å²) in [4.78, 5) is 15.9. The van der Waals surface area contributed by atoms with Gasteiger partial charge in [0.05, 0.1) is 0 Å². The number of hydrogen-bond acceptors (Lipinski definition) is 2. The van der Waals surface area contributed by atoms with Crippen molar-refractivity contribution in [3.05, 3.63) is 29.8 Å². The zero-order chi connectivity index (χ0) is 17.6. The lowest BCUT2D eigenvalue weighted by atomic mass is 10.1. The maximum absolute atomic E-state index is 11.8. The number of nitrogens with two attached hydrogens (primary N) is 1. The summed E-state index contributed by atoms with van der Waals surface area (Å²) in [6.45, 7) is 2.98. The van der Waals surface area contributed by atoms with E-state index in [0.717, 1.165) is 18.5 Å². The van der Waals surface area contributed by atoms with Gasteiger partial charge in [0.25, 0.3) is 0 Å². The number of anilines is 1. The van der Waals surface area contributed by atoms with Gasteiger partial charge in [-0.15, -0.1) is 30.4 Å². The van der Waals surface area contributed by atoms with Gasteiger partial charge >= 0.3 is 0 Å². The second kappa shape index (κ2) is 14.6. The Labute approximate surface area is 168 Å². The number of terminal acetylenes is 1. The van der Waals surface area contributed by atoms with Crippen molar-refractivity contribution >= 4 is 41.5 Å². The number of benzene rings is 1. The lowest BCUT2D eigenvalue weighted by Crippen LogP contribution is -2.33. The zero-order valence-corrected chi connectivity index (χ0v) is 17.2. The molecular weight excluding hydrogens is 427 g/mol. The van der Waals surface area contributed by atoms with E-state index in [1.165, 1.54) is 32.1 Å². The molecule has 0 spiro atoms. The molecule has 5 nitrogen and oxygen atoms in total. The lowest BCUT2D eigenvalue weighted by molar-refractivity contribution is -0.114. The molecule has 0 aliphatic carbocycles. The molecule has 0 aliphatic heterocycles. The molecule has 0 unspecified atom stereocenters. The predicted molar refractivity (Wildman–Crippen MR) is 116 cm³/mol. The highest BCUT2D eigenvalue weighted by atomic mass is 127. The molecule has 0 fully saturated rings. The van der Waals surface area contributed by atoms with Crippen LogP contribution in [-0.4, -0.2) is 25.0 Å². The first kappa shape index (κ1) is 23.2. The van der Waals surface area contributed by atoms with Crippen molar-refractivity contribution in [2.75, 3.05) is 18.4 Å². The molecular formula is C19H29IN4O. The summed E-state index contributed by atoms with van der Waals surface area (Å²) in [6, 6.07) is 7.12. The fourth-order valence-electron chi connectivity index (χ4n) is 2.22. The van der Waals surface area contributed by atoms with Crippen molar-refractivity contribution in [1.29, 1.82) is 0 Å². The van der Waals surface area contributed by atoms with Gasteiger partial charge in [0.2, 0.25) is 5.91 Å². The summed E-state index contributed by atoms with van der Waals surface area (Å²) in [6.07, 6.45) is 12.7. The normalized spacial score (nSPS) is 10.5. The zero-order valence-electron chi connectivity index (χ0n) is 14.9. The number of nitrogens with zero attached hydrogens (tertiary/aromatic N) is 1. The van der Waals surface area contributed by atoms with Gasteiger partial charge in [-0.05, 0) is 24.6 Å². The molecule has 1 amide bonds. The highest BCUT2D eigenvalue weighted by Gasteiger charge is 2.02. The summed E-state index contributed by atoms with van der Waals surface area (Å²) in [5.74, 6) is 2.60. The second-order valence-electron chi connectivity index (χ2n) is 5.67. The Bertz CT molecular complexity index is 581. The van der Waals surface area contributed by atoms with Gasteiger partial charge in [0, 0.05) is 17.8 Å². The van der Waals surface area contributed by atoms with Crippen molar-refractivity contribution in [2.45, 2.75) is 45.4 Å². The molecule has 1 aromatic rings. The standard InChI is InChI=1S/C19H28N4O.HI/c1-3-5-6-7-8-9-13-21-19(20)22-15-18(24)23-17-12-10-11-16(4-2)14-17;/h2,10-12,14H,3,5-9,13,15H2,1H3,(H,23,24)(H3,20,21,22);1H. The maximum Gasteiger partial charge on any atom is 0.246 e. The Morgan fingerprint density at radius 1 is 1.24 bits per heavy atom. The van der Waals surface area contributed by atoms with Gasteiger partial charge in [-0.2, -0.15) is 0 Å². The van der Waals surface area contributed by atoms with Crippen molar-refractivity contribution in [3.63, 3.8) is 0 Å². The first-order valence-corrected chi connectivity index (χ1v) is 8.56. The minimum Gasteiger partial charge on any atom is -0.370 e. The van der Waals surface area contributed by atoms with Crippen LogP contribution < -0.4 is 16.4 Å². The molecule has 138 valence electrons. The van der Waals surface area contributed by atoms with E-state index in [1.807, 2.05) is 0 Å². The third-order valence-corrected chi connectivity index (χ3v) is 3.54. The van der Waals surface area contributed by atoms with Crippen molar-refractivity contribution in [2.24, 2.45) is 10.7 Å². The van der Waals surface area contributed by atoms with Crippen LogP contribution in [-0.2, 0) is 4.79 Å². The topological polar surface area (TPSA) is 79.5 Å². The van der Waals surface area contributed by atoms with Crippen LogP contribution in [0, 0.1) is 12.3 Å². The molecule has 0 atom stereocenters. The third kappa shape index (κ3) is 11.4. The van der Waals surface area contributed by atoms with Crippen molar-refractivity contribution in [1.82, 2.24) is 5.32 Å². The fraction of sp³-hybridized carbons (Fsp3) is 0.474. The fourth-order valence-corrected chi connectivity index (χ4v) is 2.22. The average molecular weight is 456 g/mol. The van der Waals surface area contributed by atoms with Crippen LogP contribution in [0.5, 0.6) is 0 Å². The number of amides is 1. The molecule has 0 saturated carbocycles. The number of halogens is 1. The second-order valence-corrected chi connectivity index (χ2v) is 5.67. The summed E-state index contributed by atoms with van der Waals surface area (Å²) in [5.41, 5.74) is 7.13. The van der Waals surface area contributed by atoms with E-state index in [4.69, 9.17) is 12.2 Å². The molecule has 0 radical (unpaired) electrons. The molecule has 0 aromatic heterocycles. The highest BCUT2D eigenvalue weighted by molar-refractivity contribution is 14.0. The van der Waals surface area contributed by atoms with Crippen LogP contribution in [0.3, 0.4) is 0 Å². The van der Waals surface area contributed by atoms with E-state index in [1.54, 1.807) is 24.3 Å². The molecule has 25 heavy (non-hydrogen) atoms. The van der Waals surface area contributed by atoms with E-state index in [9.17, 15) is 4.79 Å². The number of hydrogen-bond donors (Lipinski definition) is 3. The van der Waals surface area contributed by atoms with E-state index >= 15 is 0 Å². The first-order chi connectivity index (χ1) is 11.7. The number of guanidine groups is 1. The molecule has 1 aromatic carbocycles. The Balaban J connectivity index is 0.00000576. The Hall–Kier alpha value is -1.75. The van der Waals surface area contributed by atoms with Crippen LogP contribution in [0.1, 0.15) is 51.0 Å². The Morgan fingerprint density at radius 2 is 1.96 bits per heavy atom. The van der Waals surface area contributed by atoms with E-state index in [0.29, 0.717) is 11.6 Å². The molecule has 0 heterocycles. The molecule has 0 saturated heterocycles. The first-order valence-electron chi connectivity index (χ1n) is 8.56. The largest absolute Gasteiger partial charge is 0.370 e. The molecule has 0 aliphatic rings. The predicted octanol–water partition coefficient (Wildman–Crippen LogP) is 3.49. The van der Waals surface area contributed by atoms with E-state index in [-0.39, 0.29) is 36.4 Å². The van der Waals surface area contributed by atoms with Crippen LogP contribution in [0.4, 0.5) is 5.69 Å². The molecule has 0 bridgehead atoms. The van der Waals surface area contributed by atoms with Gasteiger partial charge in [-0.25, -0.2) is 4.99 Å². The summed E-state index contributed by atoms with van der Waals surface area (Å²) < 4.78 is 0. The SMILES string of the molecule is C#Cc1cccc(NC(=O)CN=C(N)NCCCCCCCC)c1.I. The van der Waals surface area contributed by atoms with E-state index < -0.39 is 0 Å². The van der Waals surface area contributed by atoms with Gasteiger partial charge in [-0.1, -0.05) is 51.0 Å². The smallest absolute Gasteiger partial charge is 0.246 e. The van der Waals surface area contributed by atoms with Crippen LogP contribution in [0.2, 0.25) is 0 Å². The number of aliphatic imine (C=N–C) groups is 1. The van der Waals surface area contributed by atoms with Gasteiger partial charge in [0.1, 0.15) is 6.54 Å². The minimum absolute atomic E-state index is 0. The third-order valence-electron chi connectivity index (χ3n) is 3.54. The quantitative estimate of drug-likeness (QED) is 0.166. The lowest BCUT2D eigenvalue weighted by Gasteiger charge is -2.06. The summed E-state index contributed by atoms with van der Waals surface area (Å²) in [5, 5.41) is 5.78. The highest BCUT2D eigenvalue weighted by Crippen LogP contribution is 2.09. The number of nitrogens with one attached hydrogen (secondary N) is 2. The van der Waals surface area contributed by atoms with Crippen molar-refractivity contribution in [3.8, 4) is 12.3 Å². The monoisotopic (exact) mass is 456 g/mol. The van der Waals surface area contributed by atoms with Gasteiger partial charge in [0.15, 0.2) is 5.96 Å². The number of carbonyl (C=O) groups excluding carboxylic acids is 1. The Kier molecular flexibility index (Phi) is 13.6. The summed E-state index contributed by atoms with van der Waals surface area (Å²) >= 11 is 0. The van der Waals surface area contributed by atoms with E-state index in [2.05, 4.69) is 28.5 Å². The van der Waals surface area contributed by atoms with Crippen LogP contribution in [0.25, 0.3) is 0 Å². The van der Waals surface area contributed by atoms with Crippen LogP contribution >= 0.6 is 24.0 Å². The minimum atomic E-state index is -0.228. The van der Waals surface area contributed by atoms with Gasteiger partial charge < -0.3 is 16.4 Å². The Morgan fingerprint density at radius 3 is 2.68 bits per heavy atom.